The number of amides is 3. The summed E-state index contributed by atoms with van der Waals surface area (Å²) in [7, 11) is 0. The van der Waals surface area contributed by atoms with Gasteiger partial charge in [0, 0.05) is 29.4 Å². The van der Waals surface area contributed by atoms with Crippen molar-refractivity contribution in [3.05, 3.63) is 47.2 Å². The molecule has 1 atom stereocenters. The van der Waals surface area contributed by atoms with E-state index in [-0.39, 0.29) is 30.7 Å². The maximum Gasteiger partial charge on any atom is 0.313 e. The van der Waals surface area contributed by atoms with Gasteiger partial charge in [-0.1, -0.05) is 42.6 Å². The molecule has 3 amide bonds. The SMILES string of the molecule is O=C(Cn1cc(NC(=O)C(=O)NCC(O)c2ccccc2Cl)cn1)NC1CCCC1. The number of benzene rings is 1. The Hall–Kier alpha value is -2.91. The second kappa shape index (κ2) is 10.2. The Morgan fingerprint density at radius 3 is 2.67 bits per heavy atom. The first-order valence-electron chi connectivity index (χ1n) is 9.76. The Morgan fingerprint density at radius 1 is 1.20 bits per heavy atom. The molecule has 0 spiro atoms. The van der Waals surface area contributed by atoms with Crippen LogP contribution in [0.2, 0.25) is 5.02 Å². The summed E-state index contributed by atoms with van der Waals surface area (Å²) in [4.78, 5) is 36.1. The molecule has 1 heterocycles. The van der Waals surface area contributed by atoms with Crippen LogP contribution in [-0.4, -0.2) is 45.2 Å². The van der Waals surface area contributed by atoms with Crippen molar-refractivity contribution in [1.82, 2.24) is 20.4 Å². The summed E-state index contributed by atoms with van der Waals surface area (Å²) in [5.74, 6) is -1.96. The van der Waals surface area contributed by atoms with Crippen LogP contribution in [0.15, 0.2) is 36.7 Å². The van der Waals surface area contributed by atoms with Gasteiger partial charge in [-0.15, -0.1) is 0 Å². The topological polar surface area (TPSA) is 125 Å². The summed E-state index contributed by atoms with van der Waals surface area (Å²) >= 11 is 6.00. The first kappa shape index (κ1) is 21.8. The van der Waals surface area contributed by atoms with Crippen LogP contribution >= 0.6 is 11.6 Å². The third-order valence-electron chi connectivity index (χ3n) is 4.84. The van der Waals surface area contributed by atoms with Crippen LogP contribution in [0.25, 0.3) is 0 Å². The highest BCUT2D eigenvalue weighted by molar-refractivity contribution is 6.39. The highest BCUT2D eigenvalue weighted by Gasteiger charge is 2.19. The molecule has 3 rings (SSSR count). The quantitative estimate of drug-likeness (QED) is 0.491. The second-order valence-corrected chi connectivity index (χ2v) is 7.58. The van der Waals surface area contributed by atoms with Gasteiger partial charge in [0.15, 0.2) is 0 Å². The molecule has 2 aromatic rings. The molecule has 4 N–H and O–H groups in total. The van der Waals surface area contributed by atoms with E-state index in [0.717, 1.165) is 25.7 Å². The molecule has 1 aliphatic rings. The molecule has 0 bridgehead atoms. The number of carbonyl (C=O) groups is 3. The number of nitrogens with zero attached hydrogens (tertiary/aromatic N) is 2. The molecule has 0 radical (unpaired) electrons. The maximum absolute atomic E-state index is 12.0. The van der Waals surface area contributed by atoms with Gasteiger partial charge in [-0.05, 0) is 18.9 Å². The van der Waals surface area contributed by atoms with Crippen molar-refractivity contribution in [2.75, 3.05) is 11.9 Å². The molecule has 160 valence electrons. The van der Waals surface area contributed by atoms with Gasteiger partial charge in [0.2, 0.25) is 5.91 Å². The van der Waals surface area contributed by atoms with E-state index in [1.807, 2.05) is 0 Å². The number of nitrogens with one attached hydrogen (secondary N) is 3. The average Bonchev–Trinajstić information content (AvgIpc) is 3.38. The zero-order chi connectivity index (χ0) is 21.5. The van der Waals surface area contributed by atoms with Gasteiger partial charge in [0.1, 0.15) is 6.54 Å². The Labute approximate surface area is 178 Å². The summed E-state index contributed by atoms with van der Waals surface area (Å²) < 4.78 is 1.39. The van der Waals surface area contributed by atoms with Crippen LogP contribution in [0.5, 0.6) is 0 Å². The fourth-order valence-electron chi connectivity index (χ4n) is 3.32. The normalized spacial score (nSPS) is 14.9. The zero-order valence-electron chi connectivity index (χ0n) is 16.3. The molecule has 1 aromatic carbocycles. The fraction of sp³-hybridized carbons (Fsp3) is 0.400. The number of rotatable bonds is 7. The lowest BCUT2D eigenvalue weighted by molar-refractivity contribution is -0.136. The van der Waals surface area contributed by atoms with Gasteiger partial charge in [-0.3, -0.25) is 19.1 Å². The fourth-order valence-corrected chi connectivity index (χ4v) is 3.58. The van der Waals surface area contributed by atoms with Crippen molar-refractivity contribution in [1.29, 1.82) is 0 Å². The number of hydrogen-bond donors (Lipinski definition) is 4. The first-order chi connectivity index (χ1) is 14.4. The van der Waals surface area contributed by atoms with Crippen LogP contribution < -0.4 is 16.0 Å². The van der Waals surface area contributed by atoms with Crippen molar-refractivity contribution in [3.63, 3.8) is 0 Å². The van der Waals surface area contributed by atoms with Crippen LogP contribution in [-0.2, 0) is 20.9 Å². The van der Waals surface area contributed by atoms with E-state index in [2.05, 4.69) is 21.0 Å². The standard InChI is InChI=1S/C20H24ClN5O4/c21-16-8-4-3-7-15(16)17(27)10-22-19(29)20(30)25-14-9-23-26(11-14)12-18(28)24-13-5-1-2-6-13/h3-4,7-9,11,13,17,27H,1-2,5-6,10,12H2,(H,22,29)(H,24,28)(H,25,30). The predicted molar refractivity (Wildman–Crippen MR) is 111 cm³/mol. The molecule has 1 aliphatic carbocycles. The third kappa shape index (κ3) is 6.04. The van der Waals surface area contributed by atoms with E-state index >= 15 is 0 Å². The Balaban J connectivity index is 1.44. The van der Waals surface area contributed by atoms with Crippen LogP contribution in [0.4, 0.5) is 5.69 Å². The summed E-state index contributed by atoms with van der Waals surface area (Å²) in [5, 5.41) is 22.2. The largest absolute Gasteiger partial charge is 0.387 e. The molecule has 10 heteroatoms. The molecule has 9 nitrogen and oxygen atoms in total. The summed E-state index contributed by atoms with van der Waals surface area (Å²) in [6.45, 7) is -0.140. The third-order valence-corrected chi connectivity index (χ3v) is 5.19. The van der Waals surface area contributed by atoms with Gasteiger partial charge in [0.25, 0.3) is 0 Å². The van der Waals surface area contributed by atoms with E-state index < -0.39 is 17.9 Å². The number of aromatic nitrogens is 2. The van der Waals surface area contributed by atoms with Crippen molar-refractivity contribution >= 4 is 35.0 Å². The van der Waals surface area contributed by atoms with E-state index in [0.29, 0.717) is 10.6 Å². The molecule has 1 fully saturated rings. The van der Waals surface area contributed by atoms with Gasteiger partial charge < -0.3 is 21.1 Å². The number of anilines is 1. The molecule has 30 heavy (non-hydrogen) atoms. The van der Waals surface area contributed by atoms with Crippen molar-refractivity contribution in [2.45, 2.75) is 44.4 Å². The Bertz CT molecular complexity index is 910. The monoisotopic (exact) mass is 433 g/mol. The number of hydrogen-bond acceptors (Lipinski definition) is 5. The molecule has 0 saturated heterocycles. The number of aliphatic hydroxyl groups excluding tert-OH is 1. The van der Waals surface area contributed by atoms with E-state index in [9.17, 15) is 19.5 Å². The number of halogens is 1. The van der Waals surface area contributed by atoms with Gasteiger partial charge >= 0.3 is 11.8 Å². The van der Waals surface area contributed by atoms with Gasteiger partial charge in [-0.25, -0.2) is 0 Å². The summed E-state index contributed by atoms with van der Waals surface area (Å²) in [6, 6.07) is 6.92. The minimum Gasteiger partial charge on any atom is -0.387 e. The lowest BCUT2D eigenvalue weighted by Gasteiger charge is -2.13. The van der Waals surface area contributed by atoms with Crippen LogP contribution in [0, 0.1) is 0 Å². The zero-order valence-corrected chi connectivity index (χ0v) is 17.1. The van der Waals surface area contributed by atoms with Gasteiger partial charge in [0.05, 0.1) is 18.0 Å². The van der Waals surface area contributed by atoms with E-state index in [1.54, 1.807) is 24.3 Å². The smallest absolute Gasteiger partial charge is 0.313 e. The molecular formula is C20H24ClN5O4. The van der Waals surface area contributed by atoms with Gasteiger partial charge in [-0.2, -0.15) is 5.10 Å². The molecule has 0 aliphatic heterocycles. The Morgan fingerprint density at radius 2 is 1.93 bits per heavy atom. The Kier molecular flexibility index (Phi) is 7.42. The number of aliphatic hydroxyl groups is 1. The number of carbonyl (C=O) groups excluding carboxylic acids is 3. The average molecular weight is 434 g/mol. The minimum atomic E-state index is -1.04. The molecule has 1 saturated carbocycles. The lowest BCUT2D eigenvalue weighted by atomic mass is 10.1. The molecular weight excluding hydrogens is 410 g/mol. The molecule has 1 unspecified atom stereocenters. The minimum absolute atomic E-state index is 0.0304. The summed E-state index contributed by atoms with van der Waals surface area (Å²) in [5.41, 5.74) is 0.743. The van der Waals surface area contributed by atoms with Crippen LogP contribution in [0.1, 0.15) is 37.4 Å². The van der Waals surface area contributed by atoms with Crippen molar-refractivity contribution < 1.29 is 19.5 Å². The van der Waals surface area contributed by atoms with E-state index in [1.165, 1.54) is 17.1 Å². The first-order valence-corrected chi connectivity index (χ1v) is 10.1. The van der Waals surface area contributed by atoms with Crippen LogP contribution in [0.3, 0.4) is 0 Å². The van der Waals surface area contributed by atoms with Crippen molar-refractivity contribution in [3.8, 4) is 0 Å². The predicted octanol–water partition coefficient (Wildman–Crippen LogP) is 1.38. The summed E-state index contributed by atoms with van der Waals surface area (Å²) in [6.07, 6.45) is 6.01. The maximum atomic E-state index is 12.0. The highest BCUT2D eigenvalue weighted by Crippen LogP contribution is 2.21. The van der Waals surface area contributed by atoms with E-state index in [4.69, 9.17) is 11.6 Å². The van der Waals surface area contributed by atoms with Crippen molar-refractivity contribution in [2.24, 2.45) is 0 Å². The second-order valence-electron chi connectivity index (χ2n) is 7.18. The molecule has 1 aromatic heterocycles. The lowest BCUT2D eigenvalue weighted by Crippen LogP contribution is -2.37. The highest BCUT2D eigenvalue weighted by atomic mass is 35.5.